The quantitative estimate of drug-likeness (QED) is 0.124. The molecule has 1 saturated heterocycles. The van der Waals surface area contributed by atoms with Crippen molar-refractivity contribution in [1.82, 2.24) is 14.5 Å². The lowest BCUT2D eigenvalue weighted by molar-refractivity contribution is -0.592. The fraction of sp³-hybridized carbons (Fsp3) is 0.500. The first-order valence-corrected chi connectivity index (χ1v) is 10.5. The van der Waals surface area contributed by atoms with Gasteiger partial charge in [-0.15, -0.1) is 0 Å². The molecule has 164 valence electrons. The van der Waals surface area contributed by atoms with Gasteiger partial charge in [-0.3, -0.25) is 4.57 Å². The number of nitrogens with zero attached hydrogens (tertiary/aromatic N) is 4. The van der Waals surface area contributed by atoms with Crippen LogP contribution in [-0.2, 0) is 18.2 Å². The molecule has 4 atom stereocenters. The van der Waals surface area contributed by atoms with Gasteiger partial charge in [0.05, 0.1) is 6.61 Å². The molecule has 29 heavy (non-hydrogen) atoms. The molecule has 19 heteroatoms. The number of phosphoric acid groups is 2. The van der Waals surface area contributed by atoms with Gasteiger partial charge < -0.3 is 50.6 Å². The molecule has 9 N–H and O–H groups in total. The molecule has 0 spiro atoms. The zero-order chi connectivity index (χ0) is 22.1. The van der Waals surface area contributed by atoms with E-state index < -0.39 is 46.8 Å². The molecule has 2 aromatic rings. The van der Waals surface area contributed by atoms with Gasteiger partial charge >= 0.3 is 15.6 Å². The van der Waals surface area contributed by atoms with Crippen molar-refractivity contribution in [2.75, 3.05) is 12.3 Å². The van der Waals surface area contributed by atoms with Crippen LogP contribution in [0.2, 0.25) is 0 Å². The van der Waals surface area contributed by atoms with Gasteiger partial charge in [-0.2, -0.15) is 4.31 Å². The van der Waals surface area contributed by atoms with Crippen molar-refractivity contribution in [3.63, 3.8) is 0 Å². The molecule has 1 aliphatic rings. The summed E-state index contributed by atoms with van der Waals surface area (Å²) in [6.45, 7) is -0.433. The Bertz CT molecular complexity index is 938. The van der Waals surface area contributed by atoms with E-state index >= 15 is 0 Å². The van der Waals surface area contributed by atoms with Crippen LogP contribution in [0.25, 0.3) is 11.2 Å². The normalized spacial score (nSPS) is 25.1. The van der Waals surface area contributed by atoms with E-state index in [9.17, 15) is 24.6 Å². The summed E-state index contributed by atoms with van der Waals surface area (Å²) in [6, 6.07) is 0. The van der Waals surface area contributed by atoms with Crippen LogP contribution in [-0.4, -0.2) is 74.3 Å². The first kappa shape index (κ1) is 23.5. The summed E-state index contributed by atoms with van der Waals surface area (Å²) in [5.74, 6) is -0.125. The number of aromatic nitrogens is 4. The van der Waals surface area contributed by atoms with Gasteiger partial charge in [0.2, 0.25) is 12.0 Å². The molecule has 0 amide bonds. The third kappa shape index (κ3) is 5.65. The SMILES string of the molecule is Nc1c2ncn([C@@H]3O[C@H](CO)[C@@H](O)[C@H]3O)c2nc[n+]1[O-].O=P(O)(O)OP(=O)(O)O. The number of ether oxygens (including phenoxy) is 1. The summed E-state index contributed by atoms with van der Waals surface area (Å²) < 4.78 is 29.3. The van der Waals surface area contributed by atoms with E-state index in [4.69, 9.17) is 35.2 Å². The molecule has 0 saturated carbocycles. The molecular formula is C10H17N5O12P2. The van der Waals surface area contributed by atoms with E-state index in [-0.39, 0.29) is 17.0 Å². The van der Waals surface area contributed by atoms with E-state index in [2.05, 4.69) is 14.3 Å². The second kappa shape index (κ2) is 8.55. The highest BCUT2D eigenvalue weighted by molar-refractivity contribution is 7.60. The average molecular weight is 461 g/mol. The van der Waals surface area contributed by atoms with Gasteiger partial charge in [0.25, 0.3) is 5.82 Å². The molecule has 0 aromatic carbocycles. The predicted octanol–water partition coefficient (Wildman–Crippen LogP) is -3.55. The minimum Gasteiger partial charge on any atom is -0.740 e. The molecule has 2 aromatic heterocycles. The third-order valence-electron chi connectivity index (χ3n) is 3.54. The topological polar surface area (TPSA) is 278 Å². The lowest BCUT2D eigenvalue weighted by Crippen LogP contribution is -2.33. The van der Waals surface area contributed by atoms with Crippen LogP contribution >= 0.6 is 15.6 Å². The number of hydrogen-bond donors (Lipinski definition) is 8. The first-order valence-electron chi connectivity index (χ1n) is 7.40. The lowest BCUT2D eigenvalue weighted by Gasteiger charge is -2.15. The molecule has 0 bridgehead atoms. The average Bonchev–Trinajstić information content (AvgIpc) is 3.11. The molecule has 17 nitrogen and oxygen atoms in total. The van der Waals surface area contributed by atoms with E-state index in [1.807, 2.05) is 0 Å². The summed E-state index contributed by atoms with van der Waals surface area (Å²) in [7, 11) is -10.1. The number of imidazole rings is 1. The maximum atomic E-state index is 11.3. The fourth-order valence-corrected chi connectivity index (χ4v) is 3.48. The summed E-state index contributed by atoms with van der Waals surface area (Å²) in [4.78, 5) is 38.8. The van der Waals surface area contributed by atoms with E-state index in [1.165, 1.54) is 10.9 Å². The number of fused-ring (bicyclic) bond motifs is 1. The zero-order valence-electron chi connectivity index (χ0n) is 14.1. The Hall–Kier alpha value is -1.75. The third-order valence-corrected chi connectivity index (χ3v) is 5.24. The molecule has 3 rings (SSSR count). The van der Waals surface area contributed by atoms with Crippen molar-refractivity contribution in [3.8, 4) is 0 Å². The molecule has 3 heterocycles. The van der Waals surface area contributed by atoms with Crippen molar-refractivity contribution in [3.05, 3.63) is 17.9 Å². The van der Waals surface area contributed by atoms with Crippen LogP contribution in [0, 0.1) is 5.21 Å². The van der Waals surface area contributed by atoms with Crippen molar-refractivity contribution >= 4 is 32.6 Å². The fourth-order valence-electron chi connectivity index (χ4n) is 2.37. The first-order chi connectivity index (χ1) is 13.2. The Morgan fingerprint density at radius 3 is 2.24 bits per heavy atom. The van der Waals surface area contributed by atoms with Crippen molar-refractivity contribution in [2.24, 2.45) is 0 Å². The van der Waals surface area contributed by atoms with Crippen LogP contribution in [0.4, 0.5) is 5.82 Å². The van der Waals surface area contributed by atoms with Crippen molar-refractivity contribution in [1.29, 1.82) is 0 Å². The van der Waals surface area contributed by atoms with Gasteiger partial charge in [0, 0.05) is 0 Å². The van der Waals surface area contributed by atoms with E-state index in [0.29, 0.717) is 4.73 Å². The maximum absolute atomic E-state index is 11.3. The second-order valence-corrected chi connectivity index (χ2v) is 8.19. The van der Waals surface area contributed by atoms with Gasteiger partial charge in [0.15, 0.2) is 11.7 Å². The van der Waals surface area contributed by atoms with E-state index in [0.717, 1.165) is 6.33 Å². The highest BCUT2D eigenvalue weighted by atomic mass is 31.3. The van der Waals surface area contributed by atoms with E-state index in [1.54, 1.807) is 0 Å². The number of nitrogens with two attached hydrogens (primary N) is 1. The number of anilines is 1. The minimum absolute atomic E-state index is 0.125. The van der Waals surface area contributed by atoms with Crippen molar-refractivity contribution < 1.29 is 57.8 Å². The highest BCUT2D eigenvalue weighted by Gasteiger charge is 2.44. The largest absolute Gasteiger partial charge is 0.740 e. The Balaban J connectivity index is 0.000000284. The molecule has 0 radical (unpaired) electrons. The lowest BCUT2D eigenvalue weighted by atomic mass is 10.1. The van der Waals surface area contributed by atoms with Gasteiger partial charge in [0.1, 0.15) is 24.6 Å². The maximum Gasteiger partial charge on any atom is 0.478 e. The predicted molar refractivity (Wildman–Crippen MR) is 89.1 cm³/mol. The van der Waals surface area contributed by atoms with Crippen molar-refractivity contribution in [2.45, 2.75) is 24.5 Å². The van der Waals surface area contributed by atoms with Gasteiger partial charge in [-0.05, 0) is 0 Å². The van der Waals surface area contributed by atoms with Gasteiger partial charge in [-0.25, -0.2) is 18.8 Å². The van der Waals surface area contributed by atoms with Gasteiger partial charge in [-0.1, -0.05) is 4.98 Å². The van der Waals surface area contributed by atoms with Crippen LogP contribution in [0.3, 0.4) is 0 Å². The molecule has 0 unspecified atom stereocenters. The van der Waals surface area contributed by atoms with Crippen LogP contribution in [0.1, 0.15) is 6.23 Å². The molecular weight excluding hydrogens is 444 g/mol. The van der Waals surface area contributed by atoms with Crippen LogP contribution < -0.4 is 10.5 Å². The smallest absolute Gasteiger partial charge is 0.478 e. The summed E-state index contributed by atoms with van der Waals surface area (Å²) >= 11 is 0. The number of hydrogen-bond acceptors (Lipinski definition) is 11. The molecule has 1 fully saturated rings. The summed E-state index contributed by atoms with van der Waals surface area (Å²) in [5, 5.41) is 40.0. The highest BCUT2D eigenvalue weighted by Crippen LogP contribution is 2.53. The Morgan fingerprint density at radius 2 is 1.79 bits per heavy atom. The molecule has 1 aliphatic heterocycles. The van der Waals surface area contributed by atoms with Crippen LogP contribution in [0.15, 0.2) is 12.7 Å². The Morgan fingerprint density at radius 1 is 1.21 bits per heavy atom. The minimum atomic E-state index is -5.05. The number of rotatable bonds is 4. The number of aliphatic hydroxyl groups is 3. The Labute approximate surface area is 160 Å². The second-order valence-electron chi connectivity index (χ2n) is 5.57. The Kier molecular flexibility index (Phi) is 6.93. The zero-order valence-corrected chi connectivity index (χ0v) is 15.9. The molecule has 0 aliphatic carbocycles. The number of aliphatic hydroxyl groups excluding tert-OH is 3. The summed E-state index contributed by atoms with van der Waals surface area (Å²) in [6.07, 6.45) is -2.09. The number of nitrogen functional groups attached to an aromatic ring is 1. The standard InChI is InChI=1S/C10H13N5O5.H4O7P2/c11-8-5-9(13-3-15(8)19)14(2-12-5)10-7(18)6(17)4(1-16)20-10;1-8(2,3)7-9(4,5)6/h2-4,6-7,10,16-18H,1,11H2;(H2,1,2,3)(H2,4,5,6)/t4-,6-,7-,10-;/m1./s1. The summed E-state index contributed by atoms with van der Waals surface area (Å²) in [5.41, 5.74) is 5.99. The van der Waals surface area contributed by atoms with Crippen LogP contribution in [0.5, 0.6) is 0 Å². The monoisotopic (exact) mass is 461 g/mol.